The minimum absolute atomic E-state index is 0.0601. The molecule has 1 N–H and O–H groups in total. The van der Waals surface area contributed by atoms with Crippen molar-refractivity contribution in [2.45, 2.75) is 45.4 Å². The highest BCUT2D eigenvalue weighted by Crippen LogP contribution is 2.24. The summed E-state index contributed by atoms with van der Waals surface area (Å²) in [6.45, 7) is 9.40. The van der Waals surface area contributed by atoms with Crippen LogP contribution in [0.1, 0.15) is 27.7 Å². The topological polar surface area (TPSA) is 67.2 Å². The molecular formula is C18H26N4O2S. The fourth-order valence-electron chi connectivity index (χ4n) is 2.62. The van der Waals surface area contributed by atoms with Gasteiger partial charge in [0.05, 0.1) is 16.8 Å². The number of nitrogens with zero attached hydrogens (tertiary/aromatic N) is 3. The second kappa shape index (κ2) is 8.89. The second-order valence-electron chi connectivity index (χ2n) is 6.05. The third-order valence-electron chi connectivity index (χ3n) is 3.81. The number of imidazole rings is 1. The number of fused-ring (bicyclic) bond motifs is 1. The molecule has 0 atom stereocenters. The number of para-hydroxylation sites is 2. The first kappa shape index (κ1) is 19.3. The fourth-order valence-corrected chi connectivity index (χ4v) is 3.54. The van der Waals surface area contributed by atoms with Crippen molar-refractivity contribution in [2.75, 3.05) is 18.8 Å². The van der Waals surface area contributed by atoms with Crippen LogP contribution in [0.15, 0.2) is 29.4 Å². The first-order valence-electron chi connectivity index (χ1n) is 8.61. The SMILES string of the molecule is CCN(CC)C(=O)CSc1nc2ccccc2n1CC(=O)NC(C)C. The Balaban J connectivity index is 2.22. The molecule has 0 saturated heterocycles. The predicted molar refractivity (Wildman–Crippen MR) is 102 cm³/mol. The molecule has 2 rings (SSSR count). The molecule has 0 fully saturated rings. The molecule has 2 amide bonds. The summed E-state index contributed by atoms with van der Waals surface area (Å²) in [4.78, 5) is 30.9. The monoisotopic (exact) mass is 362 g/mol. The van der Waals surface area contributed by atoms with Crippen LogP contribution in [0.2, 0.25) is 0 Å². The molecular weight excluding hydrogens is 336 g/mol. The van der Waals surface area contributed by atoms with Gasteiger partial charge in [-0.2, -0.15) is 0 Å². The summed E-state index contributed by atoms with van der Waals surface area (Å²) < 4.78 is 1.88. The van der Waals surface area contributed by atoms with E-state index in [9.17, 15) is 9.59 Å². The Morgan fingerprint density at radius 3 is 2.56 bits per heavy atom. The minimum atomic E-state index is -0.0601. The van der Waals surface area contributed by atoms with E-state index in [0.717, 1.165) is 11.0 Å². The molecule has 7 heteroatoms. The van der Waals surface area contributed by atoms with E-state index in [1.807, 2.05) is 56.5 Å². The van der Waals surface area contributed by atoms with E-state index in [1.165, 1.54) is 11.8 Å². The van der Waals surface area contributed by atoms with Gasteiger partial charge in [-0.1, -0.05) is 23.9 Å². The van der Waals surface area contributed by atoms with E-state index in [-0.39, 0.29) is 24.4 Å². The van der Waals surface area contributed by atoms with Gasteiger partial charge in [-0.05, 0) is 39.8 Å². The number of hydrogen-bond acceptors (Lipinski definition) is 4. The fraction of sp³-hybridized carbons (Fsp3) is 0.500. The zero-order valence-corrected chi connectivity index (χ0v) is 16.1. The molecule has 0 spiro atoms. The molecule has 2 aromatic rings. The number of amides is 2. The molecule has 0 unspecified atom stereocenters. The number of nitrogens with one attached hydrogen (secondary N) is 1. The lowest BCUT2D eigenvalue weighted by molar-refractivity contribution is -0.128. The van der Waals surface area contributed by atoms with Crippen molar-refractivity contribution in [1.29, 1.82) is 0 Å². The minimum Gasteiger partial charge on any atom is -0.352 e. The molecule has 0 aliphatic heterocycles. The van der Waals surface area contributed by atoms with Crippen LogP contribution in [0.3, 0.4) is 0 Å². The van der Waals surface area contributed by atoms with Gasteiger partial charge in [0, 0.05) is 19.1 Å². The average Bonchev–Trinajstić information content (AvgIpc) is 2.91. The number of rotatable bonds is 8. The highest BCUT2D eigenvalue weighted by atomic mass is 32.2. The van der Waals surface area contributed by atoms with Crippen molar-refractivity contribution in [3.63, 3.8) is 0 Å². The standard InChI is InChI=1S/C18H26N4O2S/c1-5-21(6-2)17(24)12-25-18-20-14-9-7-8-10-15(14)22(18)11-16(23)19-13(3)4/h7-10,13H,5-6,11-12H2,1-4H3,(H,19,23). The number of carbonyl (C=O) groups excluding carboxylic acids is 2. The highest BCUT2D eigenvalue weighted by molar-refractivity contribution is 7.99. The van der Waals surface area contributed by atoms with Crippen LogP contribution in [-0.2, 0) is 16.1 Å². The first-order chi connectivity index (χ1) is 12.0. The average molecular weight is 362 g/mol. The maximum Gasteiger partial charge on any atom is 0.240 e. The summed E-state index contributed by atoms with van der Waals surface area (Å²) in [5.74, 6) is 0.340. The van der Waals surface area contributed by atoms with Crippen LogP contribution < -0.4 is 5.32 Å². The van der Waals surface area contributed by atoms with Gasteiger partial charge in [-0.3, -0.25) is 9.59 Å². The lowest BCUT2D eigenvalue weighted by atomic mass is 10.3. The first-order valence-corrected chi connectivity index (χ1v) is 9.60. The van der Waals surface area contributed by atoms with E-state index in [4.69, 9.17) is 0 Å². The second-order valence-corrected chi connectivity index (χ2v) is 6.99. The van der Waals surface area contributed by atoms with Crippen molar-refractivity contribution in [2.24, 2.45) is 0 Å². The molecule has 6 nitrogen and oxygen atoms in total. The van der Waals surface area contributed by atoms with E-state index < -0.39 is 0 Å². The van der Waals surface area contributed by atoms with Crippen molar-refractivity contribution in [3.05, 3.63) is 24.3 Å². The van der Waals surface area contributed by atoms with Gasteiger partial charge in [-0.15, -0.1) is 0 Å². The third kappa shape index (κ3) is 4.98. The van der Waals surface area contributed by atoms with Crippen molar-refractivity contribution in [3.8, 4) is 0 Å². The van der Waals surface area contributed by atoms with Crippen molar-refractivity contribution >= 4 is 34.6 Å². The van der Waals surface area contributed by atoms with Gasteiger partial charge in [0.15, 0.2) is 5.16 Å². The number of hydrogen-bond donors (Lipinski definition) is 1. The van der Waals surface area contributed by atoms with Gasteiger partial charge in [-0.25, -0.2) is 4.98 Å². The molecule has 0 aliphatic carbocycles. The van der Waals surface area contributed by atoms with Crippen LogP contribution in [-0.4, -0.2) is 51.1 Å². The Kier molecular flexibility index (Phi) is 6.87. The predicted octanol–water partition coefficient (Wildman–Crippen LogP) is 2.52. The zero-order valence-electron chi connectivity index (χ0n) is 15.3. The van der Waals surface area contributed by atoms with Gasteiger partial charge >= 0.3 is 0 Å². The Hall–Kier alpha value is -2.02. The Labute approximate surface area is 153 Å². The van der Waals surface area contributed by atoms with Crippen LogP contribution in [0.25, 0.3) is 11.0 Å². The van der Waals surface area contributed by atoms with E-state index in [0.29, 0.717) is 24.0 Å². The summed E-state index contributed by atoms with van der Waals surface area (Å²) >= 11 is 1.38. The molecule has 136 valence electrons. The highest BCUT2D eigenvalue weighted by Gasteiger charge is 2.17. The maximum atomic E-state index is 12.3. The molecule has 0 bridgehead atoms. The lowest BCUT2D eigenvalue weighted by Gasteiger charge is -2.18. The molecule has 1 heterocycles. The number of benzene rings is 1. The third-order valence-corrected chi connectivity index (χ3v) is 4.77. The quantitative estimate of drug-likeness (QED) is 0.733. The van der Waals surface area contributed by atoms with Crippen LogP contribution in [0.4, 0.5) is 0 Å². The van der Waals surface area contributed by atoms with Crippen molar-refractivity contribution < 1.29 is 9.59 Å². The van der Waals surface area contributed by atoms with E-state index in [1.54, 1.807) is 4.90 Å². The van der Waals surface area contributed by atoms with E-state index >= 15 is 0 Å². The van der Waals surface area contributed by atoms with Crippen LogP contribution in [0, 0.1) is 0 Å². The smallest absolute Gasteiger partial charge is 0.240 e. The van der Waals surface area contributed by atoms with Crippen molar-refractivity contribution in [1.82, 2.24) is 19.8 Å². The lowest BCUT2D eigenvalue weighted by Crippen LogP contribution is -2.33. The van der Waals surface area contributed by atoms with Crippen LogP contribution >= 0.6 is 11.8 Å². The summed E-state index contributed by atoms with van der Waals surface area (Å²) in [5.41, 5.74) is 1.73. The number of aromatic nitrogens is 2. The van der Waals surface area contributed by atoms with E-state index in [2.05, 4.69) is 10.3 Å². The summed E-state index contributed by atoms with van der Waals surface area (Å²) in [7, 11) is 0. The molecule has 1 aromatic heterocycles. The normalized spacial score (nSPS) is 11.1. The molecule has 0 aliphatic rings. The Bertz CT molecular complexity index is 738. The molecule has 0 saturated carbocycles. The van der Waals surface area contributed by atoms with Gasteiger partial charge in [0.2, 0.25) is 11.8 Å². The maximum absolute atomic E-state index is 12.3. The summed E-state index contributed by atoms with van der Waals surface area (Å²) in [5, 5.41) is 3.60. The van der Waals surface area contributed by atoms with Gasteiger partial charge in [0.1, 0.15) is 6.54 Å². The summed E-state index contributed by atoms with van der Waals surface area (Å²) in [6, 6.07) is 7.80. The number of carbonyl (C=O) groups is 2. The zero-order chi connectivity index (χ0) is 18.4. The Morgan fingerprint density at radius 2 is 1.92 bits per heavy atom. The van der Waals surface area contributed by atoms with Crippen LogP contribution in [0.5, 0.6) is 0 Å². The van der Waals surface area contributed by atoms with Gasteiger partial charge in [0.25, 0.3) is 0 Å². The molecule has 0 radical (unpaired) electrons. The number of thioether (sulfide) groups is 1. The molecule has 1 aromatic carbocycles. The van der Waals surface area contributed by atoms with Gasteiger partial charge < -0.3 is 14.8 Å². The Morgan fingerprint density at radius 1 is 1.24 bits per heavy atom. The summed E-state index contributed by atoms with van der Waals surface area (Å²) in [6.07, 6.45) is 0. The molecule has 25 heavy (non-hydrogen) atoms. The largest absolute Gasteiger partial charge is 0.352 e.